The highest BCUT2D eigenvalue weighted by molar-refractivity contribution is 7.91. The normalized spacial score (nSPS) is 15.2. The lowest BCUT2D eigenvalue weighted by Gasteiger charge is -2.06. The Morgan fingerprint density at radius 1 is 1.17 bits per heavy atom. The smallest absolute Gasteiger partial charge is 0.438 e. The van der Waals surface area contributed by atoms with E-state index in [0.717, 1.165) is 5.56 Å². The lowest BCUT2D eigenvalue weighted by molar-refractivity contribution is -0.143. The monoisotopic (exact) mass is 359 g/mol. The Morgan fingerprint density at radius 2 is 1.83 bits per heavy atom. The summed E-state index contributed by atoms with van der Waals surface area (Å²) in [6.45, 7) is 2.01. The van der Waals surface area contributed by atoms with Gasteiger partial charge in [-0.05, 0) is 25.1 Å². The highest BCUT2D eigenvalue weighted by atomic mass is 32.2. The number of alkyl halides is 3. The number of hydrogen-bond acceptors (Lipinski definition) is 5. The summed E-state index contributed by atoms with van der Waals surface area (Å²) in [7, 11) is -4.48. The molecule has 1 aromatic carbocycles. The molecule has 6 nitrogen and oxygen atoms in total. The van der Waals surface area contributed by atoms with Gasteiger partial charge in [0.05, 0.1) is 11.5 Å². The largest absolute Gasteiger partial charge is 0.476 e. The highest BCUT2D eigenvalue weighted by Crippen LogP contribution is 2.34. The molecule has 1 aliphatic rings. The molecule has 3 rings (SSSR count). The van der Waals surface area contributed by atoms with E-state index in [4.69, 9.17) is 4.74 Å². The Morgan fingerprint density at radius 3 is 2.38 bits per heavy atom. The number of rotatable bonds is 3. The van der Waals surface area contributed by atoms with Crippen molar-refractivity contribution in [3.63, 3.8) is 0 Å². The predicted octanol–water partition coefficient (Wildman–Crippen LogP) is 2.66. The summed E-state index contributed by atoms with van der Waals surface area (Å²) in [5, 5.41) is 5.67. The molecule has 128 valence electrons. The number of halogens is 3. The molecule has 10 heteroatoms. The van der Waals surface area contributed by atoms with Gasteiger partial charge in [-0.25, -0.2) is 8.42 Å². The molecular formula is C14H12F3N3O3S. The van der Waals surface area contributed by atoms with Crippen molar-refractivity contribution in [2.24, 2.45) is 0 Å². The third-order valence-electron chi connectivity index (χ3n) is 3.32. The van der Waals surface area contributed by atoms with E-state index in [1.807, 2.05) is 0 Å². The van der Waals surface area contributed by atoms with Crippen LogP contribution < -0.4 is 0 Å². The molecule has 1 aliphatic heterocycles. The number of aryl methyl sites for hydroxylation is 1. The van der Waals surface area contributed by atoms with Gasteiger partial charge in [-0.2, -0.15) is 13.2 Å². The van der Waals surface area contributed by atoms with Crippen LogP contribution in [0.3, 0.4) is 0 Å². The summed E-state index contributed by atoms with van der Waals surface area (Å²) in [5.74, 6) is -0.0224. The van der Waals surface area contributed by atoms with Crippen molar-refractivity contribution >= 4 is 15.7 Å². The first-order valence-electron chi connectivity index (χ1n) is 6.89. The molecule has 0 fully saturated rings. The first-order valence-corrected chi connectivity index (χ1v) is 8.37. The zero-order chi connectivity index (χ0) is 17.5. The Hall–Kier alpha value is -2.36. The third kappa shape index (κ3) is 2.88. The molecule has 0 saturated heterocycles. The van der Waals surface area contributed by atoms with E-state index in [0.29, 0.717) is 11.2 Å². The fraction of sp³-hybridized carbons (Fsp3) is 0.286. The number of hydrogen-bond donors (Lipinski definition) is 0. The average Bonchev–Trinajstić information content (AvgIpc) is 3.16. The fourth-order valence-corrected chi connectivity index (χ4v) is 3.44. The minimum Gasteiger partial charge on any atom is -0.476 e. The van der Waals surface area contributed by atoms with Crippen LogP contribution in [0.25, 0.3) is 5.88 Å². The van der Waals surface area contributed by atoms with Crippen LogP contribution in [0.2, 0.25) is 0 Å². The minimum absolute atomic E-state index is 0.0224. The highest BCUT2D eigenvalue weighted by Gasteiger charge is 2.43. The first-order chi connectivity index (χ1) is 11.2. The van der Waals surface area contributed by atoms with Crippen LogP contribution in [-0.2, 0) is 20.8 Å². The Balaban J connectivity index is 2.16. The number of benzene rings is 1. The Labute approximate surface area is 135 Å². The van der Waals surface area contributed by atoms with E-state index >= 15 is 0 Å². The van der Waals surface area contributed by atoms with E-state index in [1.165, 1.54) is 30.3 Å². The van der Waals surface area contributed by atoms with Crippen LogP contribution in [0, 0.1) is 6.92 Å². The van der Waals surface area contributed by atoms with Crippen molar-refractivity contribution in [2.75, 3.05) is 6.61 Å². The fourth-order valence-electron chi connectivity index (χ4n) is 2.12. The lowest BCUT2D eigenvalue weighted by atomic mass is 10.2. The van der Waals surface area contributed by atoms with E-state index in [-0.39, 0.29) is 17.4 Å². The topological polar surface area (TPSA) is 74.1 Å². The summed E-state index contributed by atoms with van der Waals surface area (Å²) in [6, 6.07) is 5.45. The second-order valence-corrected chi connectivity index (χ2v) is 7.00. The molecule has 0 aliphatic carbocycles. The molecule has 0 radical (unpaired) electrons. The third-order valence-corrected chi connectivity index (χ3v) is 5.00. The van der Waals surface area contributed by atoms with Crippen molar-refractivity contribution in [1.82, 2.24) is 15.0 Å². The average molecular weight is 359 g/mol. The maximum absolute atomic E-state index is 13.2. The number of ether oxygens (including phenoxy) is 1. The second-order valence-electron chi connectivity index (χ2n) is 5.14. The number of sulfone groups is 1. The van der Waals surface area contributed by atoms with Crippen LogP contribution in [-0.4, -0.2) is 30.0 Å². The summed E-state index contributed by atoms with van der Waals surface area (Å²) in [4.78, 5) is 0.281. The summed E-state index contributed by atoms with van der Waals surface area (Å²) in [5.41, 5.74) is -0.794. The zero-order valence-corrected chi connectivity index (χ0v) is 13.2. The van der Waals surface area contributed by atoms with Crippen molar-refractivity contribution in [3.05, 3.63) is 41.6 Å². The molecule has 0 unspecified atom stereocenters. The van der Waals surface area contributed by atoms with Gasteiger partial charge >= 0.3 is 6.18 Å². The van der Waals surface area contributed by atoms with Gasteiger partial charge in [0, 0.05) is 6.42 Å². The molecule has 0 amide bonds. The molecule has 0 atom stereocenters. The van der Waals surface area contributed by atoms with Crippen molar-refractivity contribution in [3.8, 4) is 0 Å². The van der Waals surface area contributed by atoms with E-state index < -0.39 is 26.7 Å². The summed E-state index contributed by atoms with van der Waals surface area (Å²) < 4.78 is 69.9. The lowest BCUT2D eigenvalue weighted by Crippen LogP contribution is -2.13. The molecule has 2 aromatic rings. The molecule has 0 N–H and O–H groups in total. The van der Waals surface area contributed by atoms with Crippen molar-refractivity contribution < 1.29 is 26.3 Å². The van der Waals surface area contributed by atoms with Crippen LogP contribution in [0.4, 0.5) is 13.2 Å². The first kappa shape index (κ1) is 16.5. The maximum atomic E-state index is 13.2. The SMILES string of the molecule is Cc1ccc(S(=O)(=O)c2nn(C3=CCCO3)nc2C(F)(F)F)cc1. The Kier molecular flexibility index (Phi) is 3.86. The zero-order valence-electron chi connectivity index (χ0n) is 12.4. The minimum atomic E-state index is -4.97. The molecule has 0 bridgehead atoms. The molecule has 0 saturated carbocycles. The van der Waals surface area contributed by atoms with Gasteiger partial charge in [0.25, 0.3) is 0 Å². The number of aromatic nitrogens is 3. The van der Waals surface area contributed by atoms with E-state index in [9.17, 15) is 21.6 Å². The van der Waals surface area contributed by atoms with Gasteiger partial charge in [0.15, 0.2) is 0 Å². The van der Waals surface area contributed by atoms with Gasteiger partial charge in [-0.15, -0.1) is 15.0 Å². The van der Waals surface area contributed by atoms with Gasteiger partial charge in [-0.3, -0.25) is 0 Å². The number of nitrogens with zero attached hydrogens (tertiary/aromatic N) is 3. The maximum Gasteiger partial charge on any atom is 0.438 e. The quantitative estimate of drug-likeness (QED) is 0.842. The summed E-state index contributed by atoms with van der Waals surface area (Å²) >= 11 is 0. The van der Waals surface area contributed by atoms with Crippen molar-refractivity contribution in [1.29, 1.82) is 0 Å². The van der Waals surface area contributed by atoms with Crippen LogP contribution in [0.5, 0.6) is 0 Å². The van der Waals surface area contributed by atoms with Crippen LogP contribution in [0.15, 0.2) is 40.3 Å². The molecule has 24 heavy (non-hydrogen) atoms. The van der Waals surface area contributed by atoms with Gasteiger partial charge in [-0.1, -0.05) is 17.7 Å². The van der Waals surface area contributed by atoms with Gasteiger partial charge < -0.3 is 4.74 Å². The Bertz CT molecular complexity index is 900. The van der Waals surface area contributed by atoms with Crippen LogP contribution in [0.1, 0.15) is 17.7 Å². The predicted molar refractivity (Wildman–Crippen MR) is 76.5 cm³/mol. The summed E-state index contributed by atoms with van der Waals surface area (Å²) in [6.07, 6.45) is -2.99. The molecule has 2 heterocycles. The van der Waals surface area contributed by atoms with Crippen molar-refractivity contribution in [2.45, 2.75) is 29.4 Å². The standard InChI is InChI=1S/C14H12F3N3O3S/c1-9-4-6-10(7-5-9)24(21,22)13-12(14(15,16)17)18-20(19-13)11-3-2-8-23-11/h3-7H,2,8H2,1H3. The molecule has 0 spiro atoms. The van der Waals surface area contributed by atoms with Crippen LogP contribution >= 0.6 is 0 Å². The molecular weight excluding hydrogens is 347 g/mol. The molecule has 1 aromatic heterocycles. The second kappa shape index (κ2) is 5.62. The van der Waals surface area contributed by atoms with E-state index in [1.54, 1.807) is 6.92 Å². The van der Waals surface area contributed by atoms with E-state index in [2.05, 4.69) is 10.2 Å². The van der Waals surface area contributed by atoms with Gasteiger partial charge in [0.2, 0.25) is 26.4 Å². The van der Waals surface area contributed by atoms with Gasteiger partial charge in [0.1, 0.15) is 0 Å².